The van der Waals surface area contributed by atoms with Gasteiger partial charge in [-0.3, -0.25) is 9.69 Å². The second-order valence-corrected chi connectivity index (χ2v) is 8.55. The van der Waals surface area contributed by atoms with Gasteiger partial charge in [-0.25, -0.2) is 0 Å². The summed E-state index contributed by atoms with van der Waals surface area (Å²) in [4.78, 5) is 15.2. The minimum atomic E-state index is -0.216. The van der Waals surface area contributed by atoms with Gasteiger partial charge in [-0.1, -0.05) is 47.6 Å². The minimum Gasteiger partial charge on any atom is -0.379 e. The molecule has 6 nitrogen and oxygen atoms in total. The summed E-state index contributed by atoms with van der Waals surface area (Å²) in [6.07, 6.45) is 4.73. The lowest BCUT2D eigenvalue weighted by Crippen LogP contribution is -2.43. The Hall–Kier alpha value is -2.96. The number of nitrogens with one attached hydrogen (secondary N) is 1. The fraction of sp³-hybridized carbons (Fsp3) is 0.385. The number of aromatic nitrogens is 1. The molecule has 0 radical (unpaired) electrons. The standard InChI is InChI=1S/C26H29N3O3/c30-26(27-18-24(20-7-2-1-3-8-20)29-12-14-31-15-13-29)23-17-25(32-28-23)22-11-10-19-6-4-5-9-21(19)16-22/h1-3,7-8,10-11,16-17,24H,4-6,9,12-15,18H2,(H,27,30). The fourth-order valence-electron chi connectivity index (χ4n) is 4.71. The molecule has 1 fully saturated rings. The number of amides is 1. The van der Waals surface area contributed by atoms with Crippen LogP contribution in [-0.2, 0) is 17.6 Å². The third-order valence-corrected chi connectivity index (χ3v) is 6.50. The normalized spacial score (nSPS) is 17.5. The lowest BCUT2D eigenvalue weighted by atomic mass is 9.90. The van der Waals surface area contributed by atoms with Crippen LogP contribution >= 0.6 is 0 Å². The van der Waals surface area contributed by atoms with Crippen LogP contribution in [0, 0.1) is 0 Å². The number of morpholine rings is 1. The molecule has 5 rings (SSSR count). The maximum atomic E-state index is 12.9. The molecule has 166 valence electrons. The van der Waals surface area contributed by atoms with Crippen LogP contribution in [0.5, 0.6) is 0 Å². The number of aryl methyl sites for hydroxylation is 2. The SMILES string of the molecule is O=C(NCC(c1ccccc1)N1CCOCC1)c1cc(-c2ccc3c(c2)CCCC3)on1. The summed E-state index contributed by atoms with van der Waals surface area (Å²) in [6.45, 7) is 3.63. The van der Waals surface area contributed by atoms with Gasteiger partial charge >= 0.3 is 0 Å². The molecule has 1 atom stereocenters. The molecule has 1 saturated heterocycles. The topological polar surface area (TPSA) is 67.6 Å². The highest BCUT2D eigenvalue weighted by atomic mass is 16.5. The molecule has 1 aliphatic heterocycles. The Morgan fingerprint density at radius 2 is 1.78 bits per heavy atom. The molecule has 0 bridgehead atoms. The number of carbonyl (C=O) groups excluding carboxylic acids is 1. The predicted octanol–water partition coefficient (Wildman–Crippen LogP) is 4.02. The second kappa shape index (κ2) is 9.67. The third kappa shape index (κ3) is 4.61. The molecule has 1 aliphatic carbocycles. The Kier molecular flexibility index (Phi) is 6.32. The molecule has 6 heteroatoms. The van der Waals surface area contributed by atoms with Crippen LogP contribution in [0.2, 0.25) is 0 Å². The maximum Gasteiger partial charge on any atom is 0.273 e. The van der Waals surface area contributed by atoms with E-state index in [4.69, 9.17) is 9.26 Å². The molecule has 32 heavy (non-hydrogen) atoms. The van der Waals surface area contributed by atoms with Crippen molar-refractivity contribution in [3.63, 3.8) is 0 Å². The van der Waals surface area contributed by atoms with Gasteiger partial charge in [0.25, 0.3) is 5.91 Å². The largest absolute Gasteiger partial charge is 0.379 e. The molecule has 2 heterocycles. The summed E-state index contributed by atoms with van der Waals surface area (Å²) in [6, 6.07) is 18.6. The first-order valence-electron chi connectivity index (χ1n) is 11.5. The molecular formula is C26H29N3O3. The maximum absolute atomic E-state index is 12.9. The second-order valence-electron chi connectivity index (χ2n) is 8.55. The summed E-state index contributed by atoms with van der Waals surface area (Å²) in [5.41, 5.74) is 5.28. The Morgan fingerprint density at radius 1 is 1.00 bits per heavy atom. The number of hydrogen-bond acceptors (Lipinski definition) is 5. The van der Waals surface area contributed by atoms with Crippen molar-refractivity contribution >= 4 is 5.91 Å². The summed E-state index contributed by atoms with van der Waals surface area (Å²) in [7, 11) is 0. The highest BCUT2D eigenvalue weighted by Crippen LogP contribution is 2.28. The Morgan fingerprint density at radius 3 is 2.59 bits per heavy atom. The summed E-state index contributed by atoms with van der Waals surface area (Å²) in [5.74, 6) is 0.420. The lowest BCUT2D eigenvalue weighted by Gasteiger charge is -2.34. The van der Waals surface area contributed by atoms with Crippen LogP contribution < -0.4 is 5.32 Å². The van der Waals surface area contributed by atoms with E-state index >= 15 is 0 Å². The minimum absolute atomic E-state index is 0.0936. The van der Waals surface area contributed by atoms with Crippen molar-refractivity contribution in [1.29, 1.82) is 0 Å². The van der Waals surface area contributed by atoms with Gasteiger partial charge < -0.3 is 14.6 Å². The van der Waals surface area contributed by atoms with Gasteiger partial charge in [-0.05, 0) is 48.4 Å². The molecule has 0 spiro atoms. The van der Waals surface area contributed by atoms with E-state index in [-0.39, 0.29) is 11.9 Å². The molecule has 1 amide bonds. The zero-order valence-electron chi connectivity index (χ0n) is 18.3. The van der Waals surface area contributed by atoms with Gasteiger partial charge in [0.15, 0.2) is 11.5 Å². The van der Waals surface area contributed by atoms with E-state index < -0.39 is 0 Å². The van der Waals surface area contributed by atoms with Crippen molar-refractivity contribution in [1.82, 2.24) is 15.4 Å². The van der Waals surface area contributed by atoms with E-state index in [1.54, 1.807) is 6.07 Å². The fourth-order valence-corrected chi connectivity index (χ4v) is 4.71. The molecule has 3 aromatic rings. The van der Waals surface area contributed by atoms with Gasteiger partial charge in [0, 0.05) is 31.3 Å². The van der Waals surface area contributed by atoms with Crippen molar-refractivity contribution < 1.29 is 14.1 Å². The lowest BCUT2D eigenvalue weighted by molar-refractivity contribution is 0.0162. The van der Waals surface area contributed by atoms with E-state index in [9.17, 15) is 4.79 Å². The average molecular weight is 432 g/mol. The van der Waals surface area contributed by atoms with Crippen LogP contribution in [0.4, 0.5) is 0 Å². The third-order valence-electron chi connectivity index (χ3n) is 6.50. The number of benzene rings is 2. The summed E-state index contributed by atoms with van der Waals surface area (Å²) in [5, 5.41) is 7.11. The average Bonchev–Trinajstić information content (AvgIpc) is 3.36. The van der Waals surface area contributed by atoms with Crippen molar-refractivity contribution in [2.24, 2.45) is 0 Å². The summed E-state index contributed by atoms with van der Waals surface area (Å²) >= 11 is 0. The highest BCUT2D eigenvalue weighted by molar-refractivity contribution is 5.93. The first-order chi connectivity index (χ1) is 15.8. The van der Waals surface area contributed by atoms with Crippen molar-refractivity contribution in [3.8, 4) is 11.3 Å². The number of fused-ring (bicyclic) bond motifs is 1. The number of rotatable bonds is 6. The number of ether oxygens (including phenoxy) is 1. The zero-order valence-corrected chi connectivity index (χ0v) is 18.3. The van der Waals surface area contributed by atoms with Crippen LogP contribution in [-0.4, -0.2) is 48.8 Å². The van der Waals surface area contributed by atoms with E-state index in [0.717, 1.165) is 31.5 Å². The van der Waals surface area contributed by atoms with E-state index in [2.05, 4.69) is 45.7 Å². The zero-order chi connectivity index (χ0) is 21.8. The van der Waals surface area contributed by atoms with Gasteiger partial charge in [-0.15, -0.1) is 0 Å². The number of nitrogens with zero attached hydrogens (tertiary/aromatic N) is 2. The highest BCUT2D eigenvalue weighted by Gasteiger charge is 2.24. The van der Waals surface area contributed by atoms with Crippen LogP contribution in [0.1, 0.15) is 46.1 Å². The molecule has 1 N–H and O–H groups in total. The molecule has 2 aliphatic rings. The van der Waals surface area contributed by atoms with E-state index in [0.29, 0.717) is 31.2 Å². The molecule has 1 unspecified atom stereocenters. The number of hydrogen-bond donors (Lipinski definition) is 1. The number of carbonyl (C=O) groups is 1. The molecule has 0 saturated carbocycles. The quantitative estimate of drug-likeness (QED) is 0.638. The monoisotopic (exact) mass is 431 g/mol. The van der Waals surface area contributed by atoms with Gasteiger partial charge in [0.1, 0.15) is 0 Å². The first kappa shape index (κ1) is 20.9. The van der Waals surface area contributed by atoms with Crippen molar-refractivity contribution in [2.75, 3.05) is 32.8 Å². The first-order valence-corrected chi connectivity index (χ1v) is 11.5. The van der Waals surface area contributed by atoms with Crippen LogP contribution in [0.3, 0.4) is 0 Å². The van der Waals surface area contributed by atoms with Gasteiger partial charge in [-0.2, -0.15) is 0 Å². The predicted molar refractivity (Wildman–Crippen MR) is 122 cm³/mol. The Balaban J connectivity index is 1.28. The Labute approximate surface area is 188 Å². The Bertz CT molecular complexity index is 1060. The van der Waals surface area contributed by atoms with E-state index in [1.165, 1.54) is 29.5 Å². The van der Waals surface area contributed by atoms with Gasteiger partial charge in [0.05, 0.1) is 19.3 Å². The van der Waals surface area contributed by atoms with Crippen molar-refractivity contribution in [3.05, 3.63) is 77.0 Å². The van der Waals surface area contributed by atoms with E-state index in [1.807, 2.05) is 18.2 Å². The molecular weight excluding hydrogens is 402 g/mol. The van der Waals surface area contributed by atoms with Crippen molar-refractivity contribution in [2.45, 2.75) is 31.7 Å². The van der Waals surface area contributed by atoms with Crippen LogP contribution in [0.15, 0.2) is 59.1 Å². The summed E-state index contributed by atoms with van der Waals surface area (Å²) < 4.78 is 11.0. The van der Waals surface area contributed by atoms with Crippen LogP contribution in [0.25, 0.3) is 11.3 Å². The van der Waals surface area contributed by atoms with Gasteiger partial charge in [0.2, 0.25) is 0 Å². The molecule has 2 aromatic carbocycles. The smallest absolute Gasteiger partial charge is 0.273 e. The molecule has 1 aromatic heterocycles.